The standard InChI is InChI=1S/C19H17N3OS2/c1-13-20-21-19(25-13)24-12-18(23)22-16-8-4-2-6-14(16)10-11-15-7-3-5-9-17(15)22/h2-9H,10-12H2,1H3. The van der Waals surface area contributed by atoms with Gasteiger partial charge in [-0.15, -0.1) is 10.2 Å². The maximum absolute atomic E-state index is 13.1. The van der Waals surface area contributed by atoms with Crippen LogP contribution in [0.3, 0.4) is 0 Å². The molecular formula is C19H17N3OS2. The molecule has 2 heterocycles. The number of hydrogen-bond donors (Lipinski definition) is 0. The lowest BCUT2D eigenvalue weighted by molar-refractivity contribution is -0.115. The lowest BCUT2D eigenvalue weighted by Gasteiger charge is -2.24. The second kappa shape index (κ2) is 6.98. The number of para-hydroxylation sites is 2. The van der Waals surface area contributed by atoms with Crippen molar-refractivity contribution in [3.63, 3.8) is 0 Å². The first-order valence-electron chi connectivity index (χ1n) is 8.14. The van der Waals surface area contributed by atoms with Crippen molar-refractivity contribution in [2.75, 3.05) is 10.7 Å². The molecule has 0 N–H and O–H groups in total. The van der Waals surface area contributed by atoms with Gasteiger partial charge >= 0.3 is 0 Å². The molecule has 0 atom stereocenters. The third-order valence-electron chi connectivity index (χ3n) is 4.20. The zero-order valence-electron chi connectivity index (χ0n) is 13.8. The van der Waals surface area contributed by atoms with Gasteiger partial charge in [-0.2, -0.15) is 0 Å². The van der Waals surface area contributed by atoms with Crippen molar-refractivity contribution < 1.29 is 4.79 Å². The van der Waals surface area contributed by atoms with Crippen LogP contribution in [0.15, 0.2) is 52.9 Å². The summed E-state index contributed by atoms with van der Waals surface area (Å²) in [7, 11) is 0. The zero-order valence-corrected chi connectivity index (χ0v) is 15.4. The number of thioether (sulfide) groups is 1. The predicted molar refractivity (Wildman–Crippen MR) is 103 cm³/mol. The van der Waals surface area contributed by atoms with Crippen molar-refractivity contribution in [3.8, 4) is 0 Å². The van der Waals surface area contributed by atoms with E-state index in [0.29, 0.717) is 5.75 Å². The molecule has 6 heteroatoms. The molecular weight excluding hydrogens is 350 g/mol. The number of carbonyl (C=O) groups excluding carboxylic acids is 1. The Morgan fingerprint density at radius 1 is 1.04 bits per heavy atom. The molecule has 0 bridgehead atoms. The number of benzene rings is 2. The fourth-order valence-corrected chi connectivity index (χ4v) is 4.74. The summed E-state index contributed by atoms with van der Waals surface area (Å²) in [6.07, 6.45) is 1.89. The van der Waals surface area contributed by atoms with E-state index < -0.39 is 0 Å². The highest BCUT2D eigenvalue weighted by Crippen LogP contribution is 2.36. The highest BCUT2D eigenvalue weighted by atomic mass is 32.2. The Morgan fingerprint density at radius 3 is 2.20 bits per heavy atom. The number of hydrogen-bond acceptors (Lipinski definition) is 5. The largest absolute Gasteiger partial charge is 0.280 e. The van der Waals surface area contributed by atoms with Crippen molar-refractivity contribution in [2.45, 2.75) is 24.1 Å². The molecule has 3 aromatic rings. The molecule has 1 aromatic heterocycles. The minimum absolute atomic E-state index is 0.0691. The average Bonchev–Trinajstić information content (AvgIpc) is 2.97. The van der Waals surface area contributed by atoms with E-state index in [1.165, 1.54) is 34.2 Å². The number of anilines is 2. The van der Waals surface area contributed by atoms with Gasteiger partial charge in [-0.05, 0) is 43.0 Å². The van der Waals surface area contributed by atoms with Crippen LogP contribution >= 0.6 is 23.1 Å². The molecule has 0 unspecified atom stereocenters. The molecule has 1 aliphatic rings. The van der Waals surface area contributed by atoms with Gasteiger partial charge in [-0.25, -0.2) is 0 Å². The first-order valence-corrected chi connectivity index (χ1v) is 9.94. The average molecular weight is 367 g/mol. The molecule has 126 valence electrons. The summed E-state index contributed by atoms with van der Waals surface area (Å²) in [5.41, 5.74) is 4.41. The molecule has 25 heavy (non-hydrogen) atoms. The lowest BCUT2D eigenvalue weighted by atomic mass is 10.0. The minimum Gasteiger partial charge on any atom is -0.280 e. The number of fused-ring (bicyclic) bond motifs is 2. The quantitative estimate of drug-likeness (QED) is 0.644. The van der Waals surface area contributed by atoms with Crippen LogP contribution in [0.5, 0.6) is 0 Å². The first kappa shape index (κ1) is 16.3. The van der Waals surface area contributed by atoms with E-state index in [1.54, 1.807) is 0 Å². The topological polar surface area (TPSA) is 46.1 Å². The van der Waals surface area contributed by atoms with Gasteiger partial charge in [0.1, 0.15) is 5.01 Å². The number of nitrogens with zero attached hydrogens (tertiary/aromatic N) is 3. The second-order valence-corrected chi connectivity index (χ2v) is 8.27. The molecule has 4 nitrogen and oxygen atoms in total. The summed E-state index contributed by atoms with van der Waals surface area (Å²) >= 11 is 2.97. The molecule has 4 rings (SSSR count). The van der Waals surface area contributed by atoms with E-state index in [9.17, 15) is 4.79 Å². The van der Waals surface area contributed by atoms with Crippen LogP contribution in [0.25, 0.3) is 0 Å². The molecule has 0 saturated heterocycles. The van der Waals surface area contributed by atoms with Crippen LogP contribution in [-0.2, 0) is 17.6 Å². The van der Waals surface area contributed by atoms with Gasteiger partial charge in [0.2, 0.25) is 5.91 Å². The van der Waals surface area contributed by atoms with Crippen LogP contribution in [0.1, 0.15) is 16.1 Å². The molecule has 0 fully saturated rings. The van der Waals surface area contributed by atoms with E-state index in [2.05, 4.69) is 22.3 Å². The summed E-state index contributed by atoms with van der Waals surface area (Å²) < 4.78 is 0.835. The third-order valence-corrected chi connectivity index (χ3v) is 6.16. The number of aryl methyl sites for hydroxylation is 3. The van der Waals surface area contributed by atoms with Crippen LogP contribution in [0.4, 0.5) is 11.4 Å². The monoisotopic (exact) mass is 367 g/mol. The maximum atomic E-state index is 13.1. The van der Waals surface area contributed by atoms with Gasteiger partial charge in [-0.1, -0.05) is 59.5 Å². The molecule has 0 spiro atoms. The van der Waals surface area contributed by atoms with Crippen LogP contribution in [0, 0.1) is 6.92 Å². The Bertz CT molecular complexity index is 875. The van der Waals surface area contributed by atoms with Gasteiger partial charge in [0.15, 0.2) is 4.34 Å². The SMILES string of the molecule is Cc1nnc(SCC(=O)N2c3ccccc3CCc3ccccc32)s1. The molecule has 2 aromatic carbocycles. The molecule has 1 aliphatic heterocycles. The maximum Gasteiger partial charge on any atom is 0.242 e. The fourth-order valence-electron chi connectivity index (χ4n) is 3.07. The molecule has 0 saturated carbocycles. The molecule has 0 radical (unpaired) electrons. The van der Waals surface area contributed by atoms with Crippen LogP contribution in [-0.4, -0.2) is 21.9 Å². The Labute approximate surface area is 154 Å². The van der Waals surface area contributed by atoms with E-state index in [-0.39, 0.29) is 5.91 Å². The Balaban J connectivity index is 1.68. The second-order valence-electron chi connectivity index (χ2n) is 5.86. The van der Waals surface area contributed by atoms with E-state index >= 15 is 0 Å². The summed E-state index contributed by atoms with van der Waals surface area (Å²) in [6, 6.07) is 16.4. The third kappa shape index (κ3) is 3.32. The van der Waals surface area contributed by atoms with Gasteiger partial charge in [0.05, 0.1) is 17.1 Å². The Kier molecular flexibility index (Phi) is 4.55. The number of carbonyl (C=O) groups is 1. The van der Waals surface area contributed by atoms with Crippen LogP contribution in [0.2, 0.25) is 0 Å². The zero-order chi connectivity index (χ0) is 17.2. The van der Waals surface area contributed by atoms with Gasteiger partial charge in [0, 0.05) is 0 Å². The fraction of sp³-hybridized carbons (Fsp3) is 0.211. The smallest absolute Gasteiger partial charge is 0.242 e. The summed E-state index contributed by atoms with van der Waals surface area (Å²) in [4.78, 5) is 15.0. The van der Waals surface area contributed by atoms with Crippen molar-refractivity contribution in [1.29, 1.82) is 0 Å². The van der Waals surface area contributed by atoms with Gasteiger partial charge in [-0.3, -0.25) is 9.69 Å². The highest BCUT2D eigenvalue weighted by molar-refractivity contribution is 8.01. The first-order chi connectivity index (χ1) is 12.2. The summed E-state index contributed by atoms with van der Waals surface area (Å²) in [6.45, 7) is 1.92. The van der Waals surface area contributed by atoms with E-state index in [1.807, 2.05) is 48.2 Å². The Hall–Kier alpha value is -2.18. The lowest BCUT2D eigenvalue weighted by Crippen LogP contribution is -2.28. The molecule has 1 amide bonds. The van der Waals surface area contributed by atoms with E-state index in [4.69, 9.17) is 0 Å². The Morgan fingerprint density at radius 2 is 1.64 bits per heavy atom. The normalized spacial score (nSPS) is 13.1. The van der Waals surface area contributed by atoms with Crippen molar-refractivity contribution in [1.82, 2.24) is 10.2 Å². The number of rotatable bonds is 3. The number of amides is 1. The molecule has 0 aliphatic carbocycles. The number of aromatic nitrogens is 2. The summed E-state index contributed by atoms with van der Waals surface area (Å²) in [5.74, 6) is 0.414. The van der Waals surface area contributed by atoms with Crippen molar-refractivity contribution in [2.24, 2.45) is 0 Å². The van der Waals surface area contributed by atoms with E-state index in [0.717, 1.165) is 33.6 Å². The van der Waals surface area contributed by atoms with Crippen LogP contribution < -0.4 is 4.90 Å². The van der Waals surface area contributed by atoms with Gasteiger partial charge < -0.3 is 0 Å². The van der Waals surface area contributed by atoms with Crippen molar-refractivity contribution in [3.05, 3.63) is 64.7 Å². The summed E-state index contributed by atoms with van der Waals surface area (Å²) in [5, 5.41) is 9.03. The minimum atomic E-state index is 0.0691. The highest BCUT2D eigenvalue weighted by Gasteiger charge is 2.25. The van der Waals surface area contributed by atoms with Crippen molar-refractivity contribution >= 4 is 40.4 Å². The van der Waals surface area contributed by atoms with Gasteiger partial charge in [0.25, 0.3) is 0 Å². The predicted octanol–water partition coefficient (Wildman–Crippen LogP) is 4.40.